The molecule has 0 bridgehead atoms. The Balaban J connectivity index is 2.12. The summed E-state index contributed by atoms with van der Waals surface area (Å²) < 4.78 is 5.98. The molecule has 2 N–H and O–H groups in total. The van der Waals surface area contributed by atoms with E-state index in [-0.39, 0.29) is 11.1 Å². The molecular formula is C15H26N2OS. The lowest BCUT2D eigenvalue weighted by atomic mass is 9.78. The van der Waals surface area contributed by atoms with Gasteiger partial charge in [-0.15, -0.1) is 11.3 Å². The van der Waals surface area contributed by atoms with Gasteiger partial charge in [0.25, 0.3) is 0 Å². The fraction of sp³-hybridized carbons (Fsp3) is 0.733. The third kappa shape index (κ3) is 3.19. The van der Waals surface area contributed by atoms with Crippen LogP contribution in [-0.4, -0.2) is 36.2 Å². The Kier molecular flexibility index (Phi) is 4.66. The van der Waals surface area contributed by atoms with Crippen LogP contribution in [-0.2, 0) is 11.3 Å². The second kappa shape index (κ2) is 5.92. The van der Waals surface area contributed by atoms with E-state index in [0.29, 0.717) is 6.54 Å². The summed E-state index contributed by atoms with van der Waals surface area (Å²) in [5.41, 5.74) is 6.20. The van der Waals surface area contributed by atoms with Gasteiger partial charge in [-0.1, -0.05) is 13.0 Å². The molecule has 2 atom stereocenters. The predicted octanol–water partition coefficient (Wildman–Crippen LogP) is 2.86. The van der Waals surface area contributed by atoms with E-state index >= 15 is 0 Å². The topological polar surface area (TPSA) is 38.5 Å². The number of likely N-dealkylation sites (N-methyl/N-ethyl adjacent to an activating group) is 1. The number of ether oxygens (including phenoxy) is 1. The summed E-state index contributed by atoms with van der Waals surface area (Å²) in [6, 6.07) is 4.31. The monoisotopic (exact) mass is 282 g/mol. The van der Waals surface area contributed by atoms with Crippen LogP contribution in [0.3, 0.4) is 0 Å². The van der Waals surface area contributed by atoms with Gasteiger partial charge >= 0.3 is 0 Å². The highest BCUT2D eigenvalue weighted by molar-refractivity contribution is 7.09. The molecule has 3 nitrogen and oxygen atoms in total. The molecule has 2 heterocycles. The van der Waals surface area contributed by atoms with Gasteiger partial charge in [-0.25, -0.2) is 0 Å². The van der Waals surface area contributed by atoms with E-state index in [1.165, 1.54) is 4.88 Å². The smallest absolute Gasteiger partial charge is 0.0670 e. The average Bonchev–Trinajstić information content (AvgIpc) is 2.91. The van der Waals surface area contributed by atoms with Crippen molar-refractivity contribution >= 4 is 11.3 Å². The minimum absolute atomic E-state index is 0.0265. The molecule has 0 radical (unpaired) electrons. The largest absolute Gasteiger partial charge is 0.375 e. The van der Waals surface area contributed by atoms with E-state index in [9.17, 15) is 0 Å². The Labute approximate surface area is 120 Å². The fourth-order valence-corrected chi connectivity index (χ4v) is 3.77. The first-order chi connectivity index (χ1) is 9.03. The van der Waals surface area contributed by atoms with Crippen LogP contribution in [0.5, 0.6) is 0 Å². The Morgan fingerprint density at radius 3 is 2.89 bits per heavy atom. The lowest BCUT2D eigenvalue weighted by molar-refractivity contribution is -0.126. The highest BCUT2D eigenvalue weighted by Gasteiger charge is 2.44. The van der Waals surface area contributed by atoms with Crippen molar-refractivity contribution in [1.29, 1.82) is 0 Å². The zero-order valence-electron chi connectivity index (χ0n) is 12.3. The third-order valence-electron chi connectivity index (χ3n) is 4.63. The summed E-state index contributed by atoms with van der Waals surface area (Å²) in [6.07, 6.45) is 3.09. The van der Waals surface area contributed by atoms with Gasteiger partial charge in [-0.05, 0) is 44.7 Å². The zero-order valence-corrected chi connectivity index (χ0v) is 13.1. The molecule has 0 aromatic carbocycles. The van der Waals surface area contributed by atoms with Crippen LogP contribution in [0.25, 0.3) is 0 Å². The Hall–Kier alpha value is -0.420. The van der Waals surface area contributed by atoms with Crippen LogP contribution >= 0.6 is 11.3 Å². The second-order valence-corrected chi connectivity index (χ2v) is 6.97. The first kappa shape index (κ1) is 15.0. The Bertz CT molecular complexity index is 395. The summed E-state index contributed by atoms with van der Waals surface area (Å²) in [5, 5.41) is 2.14. The molecule has 1 fully saturated rings. The molecule has 0 aliphatic carbocycles. The van der Waals surface area contributed by atoms with Crippen LogP contribution in [0.2, 0.25) is 0 Å². The third-order valence-corrected chi connectivity index (χ3v) is 5.49. The van der Waals surface area contributed by atoms with Gasteiger partial charge in [-0.2, -0.15) is 0 Å². The van der Waals surface area contributed by atoms with Crippen molar-refractivity contribution in [2.75, 3.05) is 20.2 Å². The first-order valence-electron chi connectivity index (χ1n) is 7.11. The van der Waals surface area contributed by atoms with E-state index in [0.717, 1.165) is 32.4 Å². The van der Waals surface area contributed by atoms with Gasteiger partial charge < -0.3 is 10.5 Å². The highest BCUT2D eigenvalue weighted by Crippen LogP contribution is 2.38. The summed E-state index contributed by atoms with van der Waals surface area (Å²) in [5.74, 6) is 0. The molecule has 1 aromatic heterocycles. The van der Waals surface area contributed by atoms with Crippen molar-refractivity contribution < 1.29 is 4.74 Å². The first-order valence-corrected chi connectivity index (χ1v) is 7.99. The van der Waals surface area contributed by atoms with Crippen molar-refractivity contribution in [1.82, 2.24) is 4.90 Å². The van der Waals surface area contributed by atoms with Gasteiger partial charge in [0, 0.05) is 30.1 Å². The molecule has 0 amide bonds. The number of rotatable bonds is 5. The van der Waals surface area contributed by atoms with Crippen LogP contribution < -0.4 is 5.73 Å². The minimum atomic E-state index is -0.0265. The molecule has 19 heavy (non-hydrogen) atoms. The molecule has 0 spiro atoms. The number of nitrogens with zero attached hydrogens (tertiary/aromatic N) is 1. The fourth-order valence-electron chi connectivity index (χ4n) is 3.01. The Morgan fingerprint density at radius 2 is 2.32 bits per heavy atom. The Morgan fingerprint density at radius 1 is 1.53 bits per heavy atom. The summed E-state index contributed by atoms with van der Waals surface area (Å²) in [6.45, 7) is 6.92. The van der Waals surface area contributed by atoms with Crippen molar-refractivity contribution in [3.8, 4) is 0 Å². The summed E-state index contributed by atoms with van der Waals surface area (Å²) >= 11 is 1.82. The van der Waals surface area contributed by atoms with Gasteiger partial charge in [-0.3, -0.25) is 4.90 Å². The molecular weight excluding hydrogens is 256 g/mol. The van der Waals surface area contributed by atoms with E-state index in [1.807, 2.05) is 11.3 Å². The average molecular weight is 282 g/mol. The molecule has 2 unspecified atom stereocenters. The second-order valence-electron chi connectivity index (χ2n) is 5.94. The van der Waals surface area contributed by atoms with Gasteiger partial charge in [0.05, 0.1) is 5.60 Å². The summed E-state index contributed by atoms with van der Waals surface area (Å²) in [4.78, 5) is 3.84. The highest BCUT2D eigenvalue weighted by atomic mass is 32.1. The van der Waals surface area contributed by atoms with Crippen molar-refractivity contribution in [2.24, 2.45) is 5.73 Å². The van der Waals surface area contributed by atoms with Gasteiger partial charge in [0.2, 0.25) is 0 Å². The number of hydrogen-bond acceptors (Lipinski definition) is 4. The lowest BCUT2D eigenvalue weighted by Gasteiger charge is -2.50. The van der Waals surface area contributed by atoms with Crippen molar-refractivity contribution in [3.63, 3.8) is 0 Å². The van der Waals surface area contributed by atoms with E-state index in [4.69, 9.17) is 10.5 Å². The number of hydrogen-bond donors (Lipinski definition) is 1. The van der Waals surface area contributed by atoms with Gasteiger partial charge in [0.1, 0.15) is 0 Å². The molecule has 1 aliphatic rings. The predicted molar refractivity (Wildman–Crippen MR) is 81.5 cm³/mol. The van der Waals surface area contributed by atoms with Crippen molar-refractivity contribution in [2.45, 2.75) is 50.8 Å². The quantitative estimate of drug-likeness (QED) is 0.902. The summed E-state index contributed by atoms with van der Waals surface area (Å²) in [7, 11) is 2.20. The standard InChI is InChI=1S/C15H26N2OS/c1-4-14(2)11-15(12-16,7-8-18-14)17(3)10-13-6-5-9-19-13/h5-6,9H,4,7-8,10-12,16H2,1-3H3. The van der Waals surface area contributed by atoms with E-state index in [1.54, 1.807) is 0 Å². The van der Waals surface area contributed by atoms with Crippen LogP contribution in [0, 0.1) is 0 Å². The molecule has 1 aliphatic heterocycles. The molecule has 0 saturated carbocycles. The van der Waals surface area contributed by atoms with E-state index < -0.39 is 0 Å². The molecule has 108 valence electrons. The van der Waals surface area contributed by atoms with Crippen LogP contribution in [0.1, 0.15) is 38.0 Å². The molecule has 4 heteroatoms. The van der Waals surface area contributed by atoms with Crippen LogP contribution in [0.15, 0.2) is 17.5 Å². The molecule has 1 saturated heterocycles. The SMILES string of the molecule is CCC1(C)CC(CN)(N(C)Cc2cccs2)CCO1. The molecule has 2 rings (SSSR count). The minimum Gasteiger partial charge on any atom is -0.375 e. The van der Waals surface area contributed by atoms with E-state index in [2.05, 4.69) is 43.3 Å². The van der Waals surface area contributed by atoms with Crippen molar-refractivity contribution in [3.05, 3.63) is 22.4 Å². The lowest BCUT2D eigenvalue weighted by Crippen LogP contribution is -2.59. The normalized spacial score (nSPS) is 31.8. The maximum Gasteiger partial charge on any atom is 0.0670 e. The number of thiophene rings is 1. The molecule has 1 aromatic rings. The maximum absolute atomic E-state index is 6.15. The van der Waals surface area contributed by atoms with Crippen LogP contribution in [0.4, 0.5) is 0 Å². The zero-order chi connectivity index (χ0) is 13.9. The maximum atomic E-state index is 6.15. The number of nitrogens with two attached hydrogens (primary N) is 1. The van der Waals surface area contributed by atoms with Gasteiger partial charge in [0.15, 0.2) is 0 Å².